The molecule has 84 valence electrons. The molecule has 0 aromatic rings. The molecule has 0 radical (unpaired) electrons. The van der Waals surface area contributed by atoms with Crippen molar-refractivity contribution in [1.29, 1.82) is 0 Å². The first kappa shape index (κ1) is 10.9. The van der Waals surface area contributed by atoms with Gasteiger partial charge in [0.2, 0.25) is 5.91 Å². The van der Waals surface area contributed by atoms with Crippen LogP contribution in [-0.4, -0.2) is 18.5 Å². The molecule has 1 amide bonds. The highest BCUT2D eigenvalue weighted by Gasteiger charge is 2.21. The van der Waals surface area contributed by atoms with E-state index >= 15 is 0 Å². The van der Waals surface area contributed by atoms with Crippen molar-refractivity contribution in [2.75, 3.05) is 6.54 Å². The van der Waals surface area contributed by atoms with Crippen molar-refractivity contribution in [1.82, 2.24) is 10.6 Å². The van der Waals surface area contributed by atoms with Crippen molar-refractivity contribution in [3.8, 4) is 0 Å². The Hall–Kier alpha value is -1.61. The largest absolute Gasteiger partial charge is 0.325 e. The molecular weight excluding hydrogens is 200 g/mol. The molecule has 0 spiro atoms. The van der Waals surface area contributed by atoms with Crippen molar-refractivity contribution in [3.05, 3.63) is 48.2 Å². The van der Waals surface area contributed by atoms with Crippen LogP contribution in [0.1, 0.15) is 12.8 Å². The summed E-state index contributed by atoms with van der Waals surface area (Å²) in [7, 11) is 0. The molecule has 2 N–H and O–H groups in total. The first-order valence-corrected chi connectivity index (χ1v) is 5.62. The van der Waals surface area contributed by atoms with E-state index in [-0.39, 0.29) is 11.9 Å². The fraction of sp³-hybridized carbons (Fsp3) is 0.308. The molecule has 1 fully saturated rings. The number of rotatable bonds is 2. The van der Waals surface area contributed by atoms with Crippen LogP contribution < -0.4 is 10.6 Å². The van der Waals surface area contributed by atoms with Crippen LogP contribution in [0.5, 0.6) is 0 Å². The van der Waals surface area contributed by atoms with E-state index in [1.54, 1.807) is 0 Å². The summed E-state index contributed by atoms with van der Waals surface area (Å²) in [4.78, 5) is 11.8. The van der Waals surface area contributed by atoms with Gasteiger partial charge in [0.25, 0.3) is 0 Å². The third-order valence-corrected chi connectivity index (χ3v) is 2.64. The third-order valence-electron chi connectivity index (χ3n) is 2.64. The Balaban J connectivity index is 1.95. The molecule has 1 atom stereocenters. The van der Waals surface area contributed by atoms with Crippen molar-refractivity contribution in [3.63, 3.8) is 0 Å². The molecule has 1 heterocycles. The minimum Gasteiger partial charge on any atom is -0.325 e. The van der Waals surface area contributed by atoms with Gasteiger partial charge in [-0.3, -0.25) is 4.79 Å². The van der Waals surface area contributed by atoms with E-state index in [2.05, 4.69) is 10.6 Å². The van der Waals surface area contributed by atoms with Gasteiger partial charge in [-0.05, 0) is 31.5 Å². The Bertz CT molecular complexity index is 371. The highest BCUT2D eigenvalue weighted by atomic mass is 16.2. The number of nitrogens with one attached hydrogen (secondary N) is 2. The number of hydrogen-bond donors (Lipinski definition) is 2. The predicted octanol–water partition coefficient (Wildman–Crippen LogP) is 1.42. The lowest BCUT2D eigenvalue weighted by Crippen LogP contribution is -2.39. The summed E-state index contributed by atoms with van der Waals surface area (Å²) in [5, 5.41) is 6.09. The summed E-state index contributed by atoms with van der Waals surface area (Å²) >= 11 is 0. The second kappa shape index (κ2) is 5.47. The molecule has 0 aromatic heterocycles. The third kappa shape index (κ3) is 2.94. The van der Waals surface area contributed by atoms with Gasteiger partial charge in [-0.15, -0.1) is 0 Å². The van der Waals surface area contributed by atoms with Crippen molar-refractivity contribution in [2.24, 2.45) is 0 Å². The number of amides is 1. The molecule has 0 bridgehead atoms. The molecule has 3 nitrogen and oxygen atoms in total. The fourth-order valence-electron chi connectivity index (χ4n) is 1.79. The molecule has 3 heteroatoms. The van der Waals surface area contributed by atoms with E-state index in [1.807, 2.05) is 42.5 Å². The minimum atomic E-state index is -0.0285. The maximum absolute atomic E-state index is 11.8. The Labute approximate surface area is 95.6 Å². The van der Waals surface area contributed by atoms with Gasteiger partial charge in [0.15, 0.2) is 0 Å². The SMILES string of the molecule is O=C(NC1=C/C=C\C=C/C=C1)C1CCCN1. The maximum Gasteiger partial charge on any atom is 0.241 e. The fourth-order valence-corrected chi connectivity index (χ4v) is 1.79. The summed E-state index contributed by atoms with van der Waals surface area (Å²) in [5.74, 6) is 0.0614. The maximum atomic E-state index is 11.8. The first-order valence-electron chi connectivity index (χ1n) is 5.62. The molecule has 2 aliphatic rings. The van der Waals surface area contributed by atoms with E-state index in [1.165, 1.54) is 0 Å². The molecular formula is C13H16N2O. The standard InChI is InChI=1S/C13H16N2O/c16-13(12-9-6-10-14-12)15-11-7-4-2-1-3-5-8-11/h1-5,7-8,12,14H,6,9-10H2,(H,15,16)/b2-1-,3-1?,4-2?,5-3-,7-4?,8-5?,11-7?,11-8?. The normalized spacial score (nSPS) is 27.8. The van der Waals surface area contributed by atoms with Crippen LogP contribution in [0.2, 0.25) is 0 Å². The van der Waals surface area contributed by atoms with Crippen LogP contribution in [0.15, 0.2) is 48.2 Å². The van der Waals surface area contributed by atoms with Crippen LogP contribution in [0.25, 0.3) is 0 Å². The monoisotopic (exact) mass is 216 g/mol. The molecule has 1 unspecified atom stereocenters. The van der Waals surface area contributed by atoms with Gasteiger partial charge in [-0.1, -0.05) is 30.4 Å². The van der Waals surface area contributed by atoms with Gasteiger partial charge in [-0.25, -0.2) is 0 Å². The Kier molecular flexibility index (Phi) is 3.72. The lowest BCUT2D eigenvalue weighted by atomic mass is 10.2. The molecule has 0 saturated carbocycles. The zero-order valence-corrected chi connectivity index (χ0v) is 9.15. The molecule has 1 aliphatic carbocycles. The zero-order valence-electron chi connectivity index (χ0n) is 9.15. The Morgan fingerprint density at radius 3 is 2.88 bits per heavy atom. The van der Waals surface area contributed by atoms with E-state index in [0.29, 0.717) is 0 Å². The highest BCUT2D eigenvalue weighted by molar-refractivity contribution is 5.84. The predicted molar refractivity (Wildman–Crippen MR) is 64.7 cm³/mol. The lowest BCUT2D eigenvalue weighted by molar-refractivity contribution is -0.122. The van der Waals surface area contributed by atoms with Crippen molar-refractivity contribution in [2.45, 2.75) is 18.9 Å². The summed E-state index contributed by atoms with van der Waals surface area (Å²) in [6.45, 7) is 0.940. The zero-order chi connectivity index (χ0) is 11.2. The van der Waals surface area contributed by atoms with E-state index in [0.717, 1.165) is 25.1 Å². The van der Waals surface area contributed by atoms with Gasteiger partial charge in [0.05, 0.1) is 6.04 Å². The molecule has 0 aromatic carbocycles. The van der Waals surface area contributed by atoms with E-state index in [4.69, 9.17) is 0 Å². The van der Waals surface area contributed by atoms with Crippen molar-refractivity contribution >= 4 is 5.91 Å². The second-order valence-electron chi connectivity index (χ2n) is 3.89. The Morgan fingerprint density at radius 2 is 2.06 bits per heavy atom. The topological polar surface area (TPSA) is 41.1 Å². The number of carbonyl (C=O) groups excluding carboxylic acids is 1. The molecule has 1 saturated heterocycles. The lowest BCUT2D eigenvalue weighted by Gasteiger charge is -2.11. The number of allylic oxidation sites excluding steroid dienone is 7. The summed E-state index contributed by atoms with van der Waals surface area (Å²) < 4.78 is 0. The van der Waals surface area contributed by atoms with E-state index < -0.39 is 0 Å². The average Bonchev–Trinajstić information content (AvgIpc) is 2.74. The summed E-state index contributed by atoms with van der Waals surface area (Å²) in [6, 6.07) is -0.0285. The van der Waals surface area contributed by atoms with Gasteiger partial charge in [0.1, 0.15) is 0 Å². The van der Waals surface area contributed by atoms with E-state index in [9.17, 15) is 4.79 Å². The van der Waals surface area contributed by atoms with Gasteiger partial charge in [0, 0.05) is 5.70 Å². The van der Waals surface area contributed by atoms with Gasteiger partial charge in [-0.2, -0.15) is 0 Å². The number of hydrogen-bond acceptors (Lipinski definition) is 2. The van der Waals surface area contributed by atoms with Crippen LogP contribution in [-0.2, 0) is 4.79 Å². The van der Waals surface area contributed by atoms with Gasteiger partial charge >= 0.3 is 0 Å². The van der Waals surface area contributed by atoms with Gasteiger partial charge < -0.3 is 10.6 Å². The van der Waals surface area contributed by atoms with Crippen LogP contribution in [0.4, 0.5) is 0 Å². The van der Waals surface area contributed by atoms with Crippen LogP contribution >= 0.6 is 0 Å². The Morgan fingerprint density at radius 1 is 1.25 bits per heavy atom. The average molecular weight is 216 g/mol. The van der Waals surface area contributed by atoms with Crippen molar-refractivity contribution < 1.29 is 4.79 Å². The molecule has 1 aliphatic heterocycles. The summed E-state index contributed by atoms with van der Waals surface area (Å²) in [5.41, 5.74) is 0.833. The smallest absolute Gasteiger partial charge is 0.241 e. The summed E-state index contributed by atoms with van der Waals surface area (Å²) in [6.07, 6.45) is 15.4. The van der Waals surface area contributed by atoms with Crippen LogP contribution in [0, 0.1) is 0 Å². The minimum absolute atomic E-state index is 0.0285. The first-order chi connectivity index (χ1) is 7.86. The second-order valence-corrected chi connectivity index (χ2v) is 3.89. The van der Waals surface area contributed by atoms with Crippen LogP contribution in [0.3, 0.4) is 0 Å². The molecule has 16 heavy (non-hydrogen) atoms. The quantitative estimate of drug-likeness (QED) is 0.733. The molecule has 2 rings (SSSR count). The number of carbonyl (C=O) groups is 1. The highest BCUT2D eigenvalue weighted by Crippen LogP contribution is 2.06.